The molecule has 0 aromatic heterocycles. The first-order valence-corrected chi connectivity index (χ1v) is 13.6. The zero-order chi connectivity index (χ0) is 20.5. The minimum absolute atomic E-state index is 0.0225. The SMILES string of the molecule is CCCCCCC[C@H]1CC[C@H]([C@H]2CC[C@H](C3CCCC(C#N)(CC)C3)CC2)CC1. The number of rotatable bonds is 9. The summed E-state index contributed by atoms with van der Waals surface area (Å²) in [5, 5.41) is 9.73. The maximum atomic E-state index is 9.73. The zero-order valence-corrected chi connectivity index (χ0v) is 19.8. The number of nitriles is 1. The summed E-state index contributed by atoms with van der Waals surface area (Å²) in [6.07, 6.45) is 27.0. The summed E-state index contributed by atoms with van der Waals surface area (Å²) in [4.78, 5) is 0. The molecule has 3 aliphatic carbocycles. The standard InChI is InChI=1S/C28H49N/c1-3-5-6-7-8-10-23-12-14-24(15-13-23)25-16-18-26(19-17-25)27-11-9-20-28(4-2,21-27)22-29/h23-27H,3-21H2,1-2H3/t23-,24-,25-,26-,27?,28?. The second-order valence-electron chi connectivity index (χ2n) is 11.3. The molecule has 0 amide bonds. The van der Waals surface area contributed by atoms with E-state index >= 15 is 0 Å². The van der Waals surface area contributed by atoms with Gasteiger partial charge in [0.15, 0.2) is 0 Å². The highest BCUT2D eigenvalue weighted by Crippen LogP contribution is 2.49. The van der Waals surface area contributed by atoms with Crippen LogP contribution in [0.5, 0.6) is 0 Å². The third kappa shape index (κ3) is 6.48. The highest BCUT2D eigenvalue weighted by Gasteiger charge is 2.40. The fourth-order valence-electron chi connectivity index (χ4n) is 7.39. The van der Waals surface area contributed by atoms with Crippen LogP contribution in [0.4, 0.5) is 0 Å². The van der Waals surface area contributed by atoms with E-state index in [4.69, 9.17) is 0 Å². The quantitative estimate of drug-likeness (QED) is 0.355. The van der Waals surface area contributed by atoms with E-state index in [1.807, 2.05) is 0 Å². The van der Waals surface area contributed by atoms with Crippen molar-refractivity contribution in [3.8, 4) is 6.07 Å². The van der Waals surface area contributed by atoms with Crippen LogP contribution in [-0.4, -0.2) is 0 Å². The van der Waals surface area contributed by atoms with Gasteiger partial charge in [0, 0.05) is 0 Å². The largest absolute Gasteiger partial charge is 0.198 e. The van der Waals surface area contributed by atoms with Gasteiger partial charge in [0.05, 0.1) is 11.5 Å². The smallest absolute Gasteiger partial charge is 0.0689 e. The van der Waals surface area contributed by atoms with Gasteiger partial charge in [-0.15, -0.1) is 0 Å². The van der Waals surface area contributed by atoms with Gasteiger partial charge in [-0.25, -0.2) is 0 Å². The molecule has 0 saturated heterocycles. The van der Waals surface area contributed by atoms with Gasteiger partial charge in [0.25, 0.3) is 0 Å². The van der Waals surface area contributed by atoms with Crippen LogP contribution in [0.25, 0.3) is 0 Å². The van der Waals surface area contributed by atoms with Crippen LogP contribution < -0.4 is 0 Å². The Morgan fingerprint density at radius 2 is 1.31 bits per heavy atom. The summed E-state index contributed by atoms with van der Waals surface area (Å²) in [5.74, 6) is 4.93. The summed E-state index contributed by atoms with van der Waals surface area (Å²) in [6, 6.07) is 2.73. The van der Waals surface area contributed by atoms with Gasteiger partial charge in [-0.2, -0.15) is 5.26 Å². The van der Waals surface area contributed by atoms with E-state index in [0.29, 0.717) is 0 Å². The van der Waals surface area contributed by atoms with Gasteiger partial charge in [-0.3, -0.25) is 0 Å². The van der Waals surface area contributed by atoms with E-state index in [1.165, 1.54) is 109 Å². The molecule has 0 aliphatic heterocycles. The van der Waals surface area contributed by atoms with E-state index in [-0.39, 0.29) is 5.41 Å². The predicted octanol–water partition coefficient (Wildman–Crippen LogP) is 9.07. The first-order valence-electron chi connectivity index (χ1n) is 13.6. The van der Waals surface area contributed by atoms with E-state index in [1.54, 1.807) is 0 Å². The molecule has 3 rings (SSSR count). The average molecular weight is 400 g/mol. The molecule has 3 saturated carbocycles. The Hall–Kier alpha value is -0.510. The third-order valence-corrected chi connectivity index (χ3v) is 9.55. The van der Waals surface area contributed by atoms with Gasteiger partial charge < -0.3 is 0 Å². The Morgan fingerprint density at radius 3 is 1.90 bits per heavy atom. The average Bonchev–Trinajstić information content (AvgIpc) is 2.79. The molecule has 3 fully saturated rings. The van der Waals surface area contributed by atoms with Crippen molar-refractivity contribution < 1.29 is 0 Å². The van der Waals surface area contributed by atoms with Crippen LogP contribution in [0.1, 0.15) is 136 Å². The van der Waals surface area contributed by atoms with Crippen molar-refractivity contribution in [1.29, 1.82) is 5.26 Å². The maximum Gasteiger partial charge on any atom is 0.0689 e. The van der Waals surface area contributed by atoms with Crippen LogP contribution in [-0.2, 0) is 0 Å². The monoisotopic (exact) mass is 399 g/mol. The molecule has 166 valence electrons. The molecular weight excluding hydrogens is 350 g/mol. The van der Waals surface area contributed by atoms with Crippen LogP contribution >= 0.6 is 0 Å². The Balaban J connectivity index is 1.35. The Labute approximate surface area is 182 Å². The van der Waals surface area contributed by atoms with E-state index in [0.717, 1.165) is 42.4 Å². The second-order valence-corrected chi connectivity index (χ2v) is 11.3. The lowest BCUT2D eigenvalue weighted by molar-refractivity contribution is 0.0838. The molecular formula is C28H49N. The van der Waals surface area contributed by atoms with Gasteiger partial charge in [-0.1, -0.05) is 78.1 Å². The topological polar surface area (TPSA) is 23.8 Å². The molecule has 2 unspecified atom stereocenters. The zero-order valence-electron chi connectivity index (χ0n) is 19.8. The fourth-order valence-corrected chi connectivity index (χ4v) is 7.39. The van der Waals surface area contributed by atoms with E-state index in [9.17, 15) is 5.26 Å². The second kappa shape index (κ2) is 11.8. The Morgan fingerprint density at radius 1 is 0.724 bits per heavy atom. The molecule has 2 atom stereocenters. The Kier molecular flexibility index (Phi) is 9.40. The molecule has 0 heterocycles. The lowest BCUT2D eigenvalue weighted by Crippen LogP contribution is -2.33. The number of hydrogen-bond donors (Lipinski definition) is 0. The van der Waals surface area contributed by atoms with Crippen molar-refractivity contribution in [3.63, 3.8) is 0 Å². The highest BCUT2D eigenvalue weighted by molar-refractivity contribution is 5.02. The first-order chi connectivity index (χ1) is 14.2. The van der Waals surface area contributed by atoms with Gasteiger partial charge in [-0.05, 0) is 87.4 Å². The summed E-state index contributed by atoms with van der Waals surface area (Å²) in [5.41, 5.74) is 0.0225. The molecule has 0 aromatic rings. The molecule has 0 radical (unpaired) electrons. The van der Waals surface area contributed by atoms with Crippen LogP contribution in [0, 0.1) is 46.3 Å². The first kappa shape index (κ1) is 23.2. The summed E-state index contributed by atoms with van der Waals surface area (Å²) in [6.45, 7) is 4.55. The third-order valence-electron chi connectivity index (χ3n) is 9.55. The molecule has 29 heavy (non-hydrogen) atoms. The minimum Gasteiger partial charge on any atom is -0.198 e. The maximum absolute atomic E-state index is 9.73. The lowest BCUT2D eigenvalue weighted by atomic mass is 9.61. The van der Waals surface area contributed by atoms with E-state index < -0.39 is 0 Å². The molecule has 3 aliphatic rings. The Bertz CT molecular complexity index is 489. The number of unbranched alkanes of at least 4 members (excludes halogenated alkanes) is 4. The summed E-state index contributed by atoms with van der Waals surface area (Å²) >= 11 is 0. The molecule has 0 spiro atoms. The fraction of sp³-hybridized carbons (Fsp3) is 0.964. The van der Waals surface area contributed by atoms with Crippen molar-refractivity contribution in [1.82, 2.24) is 0 Å². The van der Waals surface area contributed by atoms with Crippen LogP contribution in [0.2, 0.25) is 0 Å². The molecule has 0 aromatic carbocycles. The van der Waals surface area contributed by atoms with Crippen molar-refractivity contribution in [3.05, 3.63) is 0 Å². The van der Waals surface area contributed by atoms with Gasteiger partial charge in [0.2, 0.25) is 0 Å². The summed E-state index contributed by atoms with van der Waals surface area (Å²) < 4.78 is 0. The molecule has 0 bridgehead atoms. The van der Waals surface area contributed by atoms with Crippen LogP contribution in [0.3, 0.4) is 0 Å². The van der Waals surface area contributed by atoms with Gasteiger partial charge >= 0.3 is 0 Å². The number of hydrogen-bond acceptors (Lipinski definition) is 1. The van der Waals surface area contributed by atoms with Crippen molar-refractivity contribution in [2.45, 2.75) is 136 Å². The van der Waals surface area contributed by atoms with E-state index in [2.05, 4.69) is 19.9 Å². The molecule has 1 heteroatoms. The highest BCUT2D eigenvalue weighted by atomic mass is 14.5. The molecule has 0 N–H and O–H groups in total. The van der Waals surface area contributed by atoms with Crippen LogP contribution in [0.15, 0.2) is 0 Å². The van der Waals surface area contributed by atoms with Crippen molar-refractivity contribution in [2.24, 2.45) is 35.0 Å². The number of nitrogens with zero attached hydrogens (tertiary/aromatic N) is 1. The van der Waals surface area contributed by atoms with Crippen molar-refractivity contribution in [2.75, 3.05) is 0 Å². The normalized spacial score (nSPS) is 38.4. The predicted molar refractivity (Wildman–Crippen MR) is 125 cm³/mol. The lowest BCUT2D eigenvalue weighted by Gasteiger charge is -2.43. The minimum atomic E-state index is 0.0225. The molecule has 1 nitrogen and oxygen atoms in total. The summed E-state index contributed by atoms with van der Waals surface area (Å²) in [7, 11) is 0. The van der Waals surface area contributed by atoms with Gasteiger partial charge in [0.1, 0.15) is 0 Å². The van der Waals surface area contributed by atoms with Crippen molar-refractivity contribution >= 4 is 0 Å².